The van der Waals surface area contributed by atoms with E-state index < -0.39 is 17.7 Å². The van der Waals surface area contributed by atoms with Gasteiger partial charge >= 0.3 is 12.1 Å². The summed E-state index contributed by atoms with van der Waals surface area (Å²) in [5.74, 6) is -1.12. The molecule has 0 unspecified atom stereocenters. The first-order chi connectivity index (χ1) is 10.4. The fraction of sp³-hybridized carbons (Fsp3) is 0.0667. The van der Waals surface area contributed by atoms with Gasteiger partial charge in [-0.15, -0.1) is 0 Å². The number of hydrogen-bond acceptors (Lipinski definition) is 2. The smallest absolute Gasteiger partial charge is 0.417 e. The van der Waals surface area contributed by atoms with Crippen LogP contribution in [-0.2, 0) is 6.18 Å². The van der Waals surface area contributed by atoms with Crippen molar-refractivity contribution in [1.29, 1.82) is 0 Å². The number of fused-ring (bicyclic) bond motifs is 1. The minimum absolute atomic E-state index is 0.0283. The van der Waals surface area contributed by atoms with Gasteiger partial charge in [0.2, 0.25) is 0 Å². The van der Waals surface area contributed by atoms with Gasteiger partial charge in [0.1, 0.15) is 5.65 Å². The molecule has 0 fully saturated rings. The average molecular weight is 306 g/mol. The summed E-state index contributed by atoms with van der Waals surface area (Å²) in [5.41, 5.74) is -0.291. The van der Waals surface area contributed by atoms with Crippen LogP contribution in [0.5, 0.6) is 0 Å². The van der Waals surface area contributed by atoms with E-state index in [1.807, 2.05) is 0 Å². The molecule has 2 heterocycles. The Morgan fingerprint density at radius 3 is 2.50 bits per heavy atom. The molecule has 1 aromatic carbocycles. The minimum atomic E-state index is -4.49. The van der Waals surface area contributed by atoms with Crippen LogP contribution in [0.4, 0.5) is 13.2 Å². The van der Waals surface area contributed by atoms with Gasteiger partial charge in [0.15, 0.2) is 0 Å². The first kappa shape index (κ1) is 14.1. The molecule has 4 nitrogen and oxygen atoms in total. The lowest BCUT2D eigenvalue weighted by Crippen LogP contribution is -2.06. The van der Waals surface area contributed by atoms with Gasteiger partial charge in [-0.25, -0.2) is 9.78 Å². The fourth-order valence-electron chi connectivity index (χ4n) is 2.20. The van der Waals surface area contributed by atoms with E-state index in [0.29, 0.717) is 5.65 Å². The summed E-state index contributed by atoms with van der Waals surface area (Å²) >= 11 is 0. The lowest BCUT2D eigenvalue weighted by molar-refractivity contribution is -0.137. The molecule has 0 aliphatic carbocycles. The van der Waals surface area contributed by atoms with Gasteiger partial charge in [0.25, 0.3) is 0 Å². The third-order valence-electron chi connectivity index (χ3n) is 3.21. The lowest BCUT2D eigenvalue weighted by Gasteiger charge is -2.10. The summed E-state index contributed by atoms with van der Waals surface area (Å²) in [6, 6.07) is 7.93. The quantitative estimate of drug-likeness (QED) is 0.785. The zero-order valence-corrected chi connectivity index (χ0v) is 11.0. The molecular formula is C15H9F3N2O2. The normalized spacial score (nSPS) is 11.8. The molecule has 0 aliphatic heterocycles. The van der Waals surface area contributed by atoms with Crippen molar-refractivity contribution in [3.05, 3.63) is 59.9 Å². The third kappa shape index (κ3) is 2.41. The van der Waals surface area contributed by atoms with Crippen molar-refractivity contribution in [2.24, 2.45) is 0 Å². The summed E-state index contributed by atoms with van der Waals surface area (Å²) in [5, 5.41) is 8.94. The number of imidazole rings is 1. The van der Waals surface area contributed by atoms with Crippen molar-refractivity contribution in [1.82, 2.24) is 9.38 Å². The number of benzene rings is 1. The Morgan fingerprint density at radius 2 is 1.82 bits per heavy atom. The molecule has 0 atom stereocenters. The fourth-order valence-corrected chi connectivity index (χ4v) is 2.20. The van der Waals surface area contributed by atoms with E-state index in [1.165, 1.54) is 47.1 Å². The van der Waals surface area contributed by atoms with Gasteiger partial charge in [0.05, 0.1) is 16.8 Å². The number of nitrogens with zero attached hydrogens (tertiary/aromatic N) is 2. The number of carboxylic acids is 1. The predicted octanol–water partition coefficient (Wildman–Crippen LogP) is 3.72. The van der Waals surface area contributed by atoms with E-state index in [0.717, 1.165) is 6.07 Å². The highest BCUT2D eigenvalue weighted by molar-refractivity contribution is 5.87. The molecule has 112 valence electrons. The van der Waals surface area contributed by atoms with Gasteiger partial charge in [-0.1, -0.05) is 18.2 Å². The Labute approximate surface area is 122 Å². The number of hydrogen-bond donors (Lipinski definition) is 1. The SMILES string of the molecule is O=C(O)c1ccc2nc(-c3ccccc3C(F)(F)F)cn2c1. The first-order valence-corrected chi connectivity index (χ1v) is 6.25. The van der Waals surface area contributed by atoms with Crippen molar-refractivity contribution < 1.29 is 23.1 Å². The molecule has 0 saturated heterocycles. The maximum Gasteiger partial charge on any atom is 0.417 e. The molecular weight excluding hydrogens is 297 g/mol. The number of carbonyl (C=O) groups is 1. The molecule has 22 heavy (non-hydrogen) atoms. The number of aromatic carboxylic acids is 1. The van der Waals surface area contributed by atoms with E-state index in [1.54, 1.807) is 0 Å². The molecule has 0 bridgehead atoms. The second-order valence-corrected chi connectivity index (χ2v) is 4.66. The summed E-state index contributed by atoms with van der Waals surface area (Å²) in [7, 11) is 0. The largest absolute Gasteiger partial charge is 0.478 e. The van der Waals surface area contributed by atoms with E-state index >= 15 is 0 Å². The Bertz CT molecular complexity index is 869. The van der Waals surface area contributed by atoms with Crippen LogP contribution in [0.2, 0.25) is 0 Å². The maximum absolute atomic E-state index is 13.0. The van der Waals surface area contributed by atoms with E-state index in [-0.39, 0.29) is 16.8 Å². The van der Waals surface area contributed by atoms with Crippen LogP contribution in [0.3, 0.4) is 0 Å². The molecule has 0 saturated carbocycles. The van der Waals surface area contributed by atoms with Crippen LogP contribution < -0.4 is 0 Å². The van der Waals surface area contributed by atoms with Crippen LogP contribution in [0.15, 0.2) is 48.8 Å². The Hall–Kier alpha value is -2.83. The van der Waals surface area contributed by atoms with Crippen LogP contribution >= 0.6 is 0 Å². The van der Waals surface area contributed by atoms with Crippen LogP contribution in [0.1, 0.15) is 15.9 Å². The third-order valence-corrected chi connectivity index (χ3v) is 3.21. The zero-order chi connectivity index (χ0) is 15.9. The van der Waals surface area contributed by atoms with Gasteiger partial charge < -0.3 is 9.51 Å². The zero-order valence-electron chi connectivity index (χ0n) is 11.0. The standard InChI is InChI=1S/C15H9F3N2O2/c16-15(17,18)11-4-2-1-3-10(11)12-8-20-7-9(14(21)22)5-6-13(20)19-12/h1-8H,(H,21,22). The van der Waals surface area contributed by atoms with Crippen molar-refractivity contribution in [2.45, 2.75) is 6.18 Å². The Kier molecular flexibility index (Phi) is 3.13. The van der Waals surface area contributed by atoms with Crippen molar-refractivity contribution in [3.63, 3.8) is 0 Å². The molecule has 0 spiro atoms. The molecule has 0 radical (unpaired) electrons. The monoisotopic (exact) mass is 306 g/mol. The predicted molar refractivity (Wildman–Crippen MR) is 72.6 cm³/mol. The Balaban J connectivity index is 2.18. The topological polar surface area (TPSA) is 54.6 Å². The van der Waals surface area contributed by atoms with E-state index in [4.69, 9.17) is 5.11 Å². The van der Waals surface area contributed by atoms with Crippen LogP contribution in [-0.4, -0.2) is 20.5 Å². The molecule has 3 aromatic rings. The second kappa shape index (κ2) is 4.87. The summed E-state index contributed by atoms with van der Waals surface area (Å²) in [6.45, 7) is 0. The lowest BCUT2D eigenvalue weighted by atomic mass is 10.1. The number of carboxylic acid groups (broad SMARTS) is 1. The summed E-state index contributed by atoms with van der Waals surface area (Å²) < 4.78 is 40.5. The number of pyridine rings is 1. The Morgan fingerprint density at radius 1 is 1.09 bits per heavy atom. The maximum atomic E-state index is 13.0. The highest BCUT2D eigenvalue weighted by Crippen LogP contribution is 2.36. The highest BCUT2D eigenvalue weighted by atomic mass is 19.4. The highest BCUT2D eigenvalue weighted by Gasteiger charge is 2.33. The van der Waals surface area contributed by atoms with Crippen LogP contribution in [0.25, 0.3) is 16.9 Å². The van der Waals surface area contributed by atoms with Gasteiger partial charge in [-0.3, -0.25) is 0 Å². The number of alkyl halides is 3. The number of rotatable bonds is 2. The minimum Gasteiger partial charge on any atom is -0.478 e. The average Bonchev–Trinajstić information content (AvgIpc) is 2.89. The van der Waals surface area contributed by atoms with Gasteiger partial charge in [0, 0.05) is 18.0 Å². The van der Waals surface area contributed by atoms with Gasteiger partial charge in [-0.05, 0) is 18.2 Å². The molecule has 1 N–H and O–H groups in total. The first-order valence-electron chi connectivity index (χ1n) is 6.25. The second-order valence-electron chi connectivity index (χ2n) is 4.66. The molecule has 2 aromatic heterocycles. The summed E-state index contributed by atoms with van der Waals surface area (Å²) in [6.07, 6.45) is -1.80. The molecule has 3 rings (SSSR count). The number of aromatic nitrogens is 2. The van der Waals surface area contributed by atoms with Crippen molar-refractivity contribution >= 4 is 11.6 Å². The molecule has 7 heteroatoms. The molecule has 0 aliphatic rings. The van der Waals surface area contributed by atoms with Crippen molar-refractivity contribution in [2.75, 3.05) is 0 Å². The van der Waals surface area contributed by atoms with E-state index in [2.05, 4.69) is 4.98 Å². The van der Waals surface area contributed by atoms with Gasteiger partial charge in [-0.2, -0.15) is 13.2 Å². The van der Waals surface area contributed by atoms with E-state index in [9.17, 15) is 18.0 Å². The summed E-state index contributed by atoms with van der Waals surface area (Å²) in [4.78, 5) is 15.1. The van der Waals surface area contributed by atoms with Crippen LogP contribution in [0, 0.1) is 0 Å². The molecule has 0 amide bonds. The number of halogens is 3. The van der Waals surface area contributed by atoms with Crippen molar-refractivity contribution in [3.8, 4) is 11.3 Å².